The van der Waals surface area contributed by atoms with Crippen LogP contribution >= 0.6 is 0 Å². The summed E-state index contributed by atoms with van der Waals surface area (Å²) in [6.45, 7) is 6.07. The number of methoxy groups -OCH3 is 1. The van der Waals surface area contributed by atoms with Gasteiger partial charge >= 0.3 is 5.97 Å². The molecule has 1 spiro atoms. The van der Waals surface area contributed by atoms with Crippen LogP contribution < -0.4 is 0 Å². The molecule has 24 heavy (non-hydrogen) atoms. The first-order valence-corrected chi connectivity index (χ1v) is 8.21. The van der Waals surface area contributed by atoms with Gasteiger partial charge in [0.2, 0.25) is 5.90 Å². The summed E-state index contributed by atoms with van der Waals surface area (Å²) in [4.78, 5) is 29.9. The van der Waals surface area contributed by atoms with Gasteiger partial charge < -0.3 is 9.47 Å². The van der Waals surface area contributed by atoms with Crippen LogP contribution in [0.3, 0.4) is 0 Å². The van der Waals surface area contributed by atoms with E-state index in [0.29, 0.717) is 12.3 Å². The second-order valence-corrected chi connectivity index (χ2v) is 7.59. The van der Waals surface area contributed by atoms with Gasteiger partial charge in [-0.3, -0.25) is 4.79 Å². The molecule has 1 aromatic rings. The van der Waals surface area contributed by atoms with Crippen molar-refractivity contribution in [2.75, 3.05) is 7.11 Å². The maximum atomic E-state index is 12.9. The molecule has 0 radical (unpaired) electrons. The average Bonchev–Trinajstić information content (AvgIpc) is 2.87. The van der Waals surface area contributed by atoms with Crippen LogP contribution in [-0.2, 0) is 19.1 Å². The Bertz CT molecular complexity index is 689. The highest BCUT2D eigenvalue weighted by Gasteiger charge is 2.63. The summed E-state index contributed by atoms with van der Waals surface area (Å²) >= 11 is 0. The lowest BCUT2D eigenvalue weighted by atomic mass is 9.61. The topological polar surface area (TPSA) is 65.0 Å². The summed E-state index contributed by atoms with van der Waals surface area (Å²) in [5.74, 6) is -0.277. The van der Waals surface area contributed by atoms with Crippen molar-refractivity contribution in [3.63, 3.8) is 0 Å². The monoisotopic (exact) mass is 329 g/mol. The van der Waals surface area contributed by atoms with Crippen LogP contribution in [0.4, 0.5) is 0 Å². The number of Topliss-reactive ketones (excluding diaryl/α,β-unsaturated/α-hetero) is 1. The third kappa shape index (κ3) is 2.57. The van der Waals surface area contributed by atoms with E-state index in [1.807, 2.05) is 51.1 Å². The van der Waals surface area contributed by atoms with Crippen molar-refractivity contribution in [1.82, 2.24) is 0 Å². The van der Waals surface area contributed by atoms with Gasteiger partial charge in [-0.2, -0.15) is 0 Å². The fourth-order valence-electron chi connectivity index (χ4n) is 3.82. The number of hydrogen-bond acceptors (Lipinski definition) is 5. The lowest BCUT2D eigenvalue weighted by Gasteiger charge is -2.46. The SMILES string of the molecule is CO[C@H]1CC(=O)C[C@H](C(C)(C)C)[C@@]12N=C(c1ccccc1)OC2=O. The number of benzene rings is 1. The van der Waals surface area contributed by atoms with E-state index in [1.54, 1.807) is 0 Å². The fraction of sp³-hybridized carbons (Fsp3) is 0.526. The standard InChI is InChI=1S/C19H23NO4/c1-18(2,3)14-10-13(21)11-15(23-4)19(14)17(22)24-16(20-19)12-8-6-5-7-9-12/h5-9,14-15H,10-11H2,1-4H3/t14-,15+,19-/m1/s1. The van der Waals surface area contributed by atoms with Crippen molar-refractivity contribution in [2.45, 2.75) is 45.3 Å². The molecule has 1 heterocycles. The maximum absolute atomic E-state index is 12.9. The van der Waals surface area contributed by atoms with E-state index in [4.69, 9.17) is 14.5 Å². The van der Waals surface area contributed by atoms with Gasteiger partial charge in [0, 0.05) is 31.4 Å². The molecule has 0 bridgehead atoms. The van der Waals surface area contributed by atoms with Crippen molar-refractivity contribution in [1.29, 1.82) is 0 Å². The molecule has 1 aliphatic heterocycles. The molecule has 1 aromatic carbocycles. The Morgan fingerprint density at radius 3 is 2.42 bits per heavy atom. The first-order chi connectivity index (χ1) is 11.3. The van der Waals surface area contributed by atoms with Gasteiger partial charge in [-0.05, 0) is 17.5 Å². The molecule has 2 aliphatic rings. The van der Waals surface area contributed by atoms with Gasteiger partial charge in [-0.1, -0.05) is 39.0 Å². The van der Waals surface area contributed by atoms with Crippen molar-refractivity contribution in [3.05, 3.63) is 35.9 Å². The average molecular weight is 329 g/mol. The van der Waals surface area contributed by atoms with Crippen molar-refractivity contribution < 1.29 is 19.1 Å². The fourth-order valence-corrected chi connectivity index (χ4v) is 3.82. The van der Waals surface area contributed by atoms with Crippen molar-refractivity contribution in [3.8, 4) is 0 Å². The van der Waals surface area contributed by atoms with Gasteiger partial charge in [0.15, 0.2) is 5.54 Å². The first kappa shape index (κ1) is 16.8. The van der Waals surface area contributed by atoms with Crippen LogP contribution in [0.25, 0.3) is 0 Å². The first-order valence-electron chi connectivity index (χ1n) is 8.21. The zero-order valence-electron chi connectivity index (χ0n) is 14.5. The van der Waals surface area contributed by atoms with E-state index in [-0.39, 0.29) is 23.5 Å². The molecule has 5 nitrogen and oxygen atoms in total. The largest absolute Gasteiger partial charge is 0.405 e. The lowest BCUT2D eigenvalue weighted by Crippen LogP contribution is -2.60. The summed E-state index contributed by atoms with van der Waals surface area (Å²) in [6, 6.07) is 9.35. The van der Waals surface area contributed by atoms with Crippen LogP contribution in [0, 0.1) is 11.3 Å². The van der Waals surface area contributed by atoms with Gasteiger partial charge in [0.05, 0.1) is 0 Å². The minimum absolute atomic E-state index is 0.101. The quantitative estimate of drug-likeness (QED) is 0.783. The van der Waals surface area contributed by atoms with Crippen LogP contribution in [0.5, 0.6) is 0 Å². The molecule has 1 aliphatic carbocycles. The van der Waals surface area contributed by atoms with E-state index >= 15 is 0 Å². The second kappa shape index (κ2) is 5.81. The molecule has 1 saturated carbocycles. The Hall–Kier alpha value is -2.01. The number of ketones is 1. The van der Waals surface area contributed by atoms with Crippen LogP contribution in [0.2, 0.25) is 0 Å². The third-order valence-corrected chi connectivity index (χ3v) is 5.02. The predicted molar refractivity (Wildman–Crippen MR) is 89.8 cm³/mol. The summed E-state index contributed by atoms with van der Waals surface area (Å²) in [6.07, 6.45) is -0.106. The molecule has 3 atom stereocenters. The summed E-state index contributed by atoms with van der Waals surface area (Å²) < 4.78 is 11.1. The van der Waals surface area contributed by atoms with Gasteiger partial charge in [-0.15, -0.1) is 0 Å². The Balaban J connectivity index is 2.14. The highest BCUT2D eigenvalue weighted by Crippen LogP contribution is 2.49. The molecule has 0 saturated heterocycles. The normalized spacial score (nSPS) is 30.4. The number of rotatable bonds is 2. The zero-order chi connectivity index (χ0) is 17.5. The number of nitrogens with zero attached hydrogens (tertiary/aromatic N) is 1. The van der Waals surface area contributed by atoms with E-state index in [9.17, 15) is 9.59 Å². The minimum Gasteiger partial charge on any atom is -0.405 e. The summed E-state index contributed by atoms with van der Waals surface area (Å²) in [5, 5.41) is 0. The zero-order valence-corrected chi connectivity index (χ0v) is 14.5. The molecule has 1 fully saturated rings. The molecule has 128 valence electrons. The van der Waals surface area contributed by atoms with E-state index in [1.165, 1.54) is 7.11 Å². The number of ether oxygens (including phenoxy) is 2. The van der Waals surface area contributed by atoms with Gasteiger partial charge in [0.25, 0.3) is 0 Å². The molecule has 0 N–H and O–H groups in total. The van der Waals surface area contributed by atoms with Gasteiger partial charge in [-0.25, -0.2) is 9.79 Å². The van der Waals surface area contributed by atoms with Crippen molar-refractivity contribution in [2.24, 2.45) is 16.3 Å². The van der Waals surface area contributed by atoms with E-state index in [0.717, 1.165) is 5.56 Å². The highest BCUT2D eigenvalue weighted by atomic mass is 16.6. The number of hydrogen-bond donors (Lipinski definition) is 0. The molecular weight excluding hydrogens is 306 g/mol. The second-order valence-electron chi connectivity index (χ2n) is 7.59. The Kier molecular flexibility index (Phi) is 4.08. The number of esters is 1. The maximum Gasteiger partial charge on any atom is 0.343 e. The molecule has 5 heteroatoms. The predicted octanol–water partition coefficient (Wildman–Crippen LogP) is 2.77. The molecule has 3 rings (SSSR count). The smallest absolute Gasteiger partial charge is 0.343 e. The Morgan fingerprint density at radius 2 is 1.83 bits per heavy atom. The highest BCUT2D eigenvalue weighted by molar-refractivity contribution is 6.09. The van der Waals surface area contributed by atoms with Crippen LogP contribution in [0.1, 0.15) is 39.2 Å². The third-order valence-electron chi connectivity index (χ3n) is 5.02. The molecule has 0 amide bonds. The minimum atomic E-state index is -1.16. The number of cyclic esters (lactones) is 1. The molecule has 0 unspecified atom stereocenters. The van der Waals surface area contributed by atoms with E-state index in [2.05, 4.69) is 0 Å². The summed E-state index contributed by atoms with van der Waals surface area (Å²) in [7, 11) is 1.52. The summed E-state index contributed by atoms with van der Waals surface area (Å²) in [5.41, 5.74) is -0.699. The van der Waals surface area contributed by atoms with E-state index < -0.39 is 17.6 Å². The molecule has 0 aromatic heterocycles. The van der Waals surface area contributed by atoms with Crippen LogP contribution in [-0.4, -0.2) is 36.4 Å². The number of carbonyl (C=O) groups is 2. The number of aliphatic imine (C=N–C) groups is 1. The van der Waals surface area contributed by atoms with Crippen molar-refractivity contribution >= 4 is 17.7 Å². The van der Waals surface area contributed by atoms with Crippen LogP contribution in [0.15, 0.2) is 35.3 Å². The Morgan fingerprint density at radius 1 is 1.17 bits per heavy atom. The number of carbonyl (C=O) groups excluding carboxylic acids is 2. The lowest BCUT2D eigenvalue weighted by molar-refractivity contribution is -0.157. The van der Waals surface area contributed by atoms with Gasteiger partial charge in [0.1, 0.15) is 11.9 Å². The molecular formula is C19H23NO4. The Labute approximate surface area is 142 Å².